The zero-order valence-electron chi connectivity index (χ0n) is 16.7. The Morgan fingerprint density at radius 1 is 1.20 bits per heavy atom. The third-order valence-electron chi connectivity index (χ3n) is 5.71. The molecule has 0 amide bonds. The van der Waals surface area contributed by atoms with Gasteiger partial charge in [0.05, 0.1) is 17.3 Å². The van der Waals surface area contributed by atoms with Crippen LogP contribution in [0, 0.1) is 0 Å². The van der Waals surface area contributed by atoms with Gasteiger partial charge in [-0.1, -0.05) is 11.6 Å². The first-order valence-corrected chi connectivity index (χ1v) is 10.5. The lowest BCUT2D eigenvalue weighted by Gasteiger charge is -2.28. The van der Waals surface area contributed by atoms with Gasteiger partial charge in [0.1, 0.15) is 23.6 Å². The molecule has 0 spiro atoms. The lowest BCUT2D eigenvalue weighted by atomic mass is 9.93. The molecule has 0 saturated carbocycles. The number of aromatic amines is 2. The van der Waals surface area contributed by atoms with Crippen LogP contribution in [0.4, 0.5) is 5.82 Å². The number of pyridine rings is 2. The van der Waals surface area contributed by atoms with Gasteiger partial charge in [0.2, 0.25) is 0 Å². The molecule has 5 rings (SSSR count). The number of rotatable bonds is 5. The van der Waals surface area contributed by atoms with Crippen molar-refractivity contribution in [2.75, 3.05) is 25.5 Å². The minimum Gasteiger partial charge on any atom is -0.363 e. The first-order valence-electron chi connectivity index (χ1n) is 10.1. The van der Waals surface area contributed by atoms with Gasteiger partial charge < -0.3 is 15.2 Å². The molecular formula is C21H23ClN8. The van der Waals surface area contributed by atoms with Gasteiger partial charge in [-0.25, -0.2) is 15.0 Å². The minimum atomic E-state index is 0.504. The number of aromatic nitrogens is 6. The summed E-state index contributed by atoms with van der Waals surface area (Å²) in [5.41, 5.74) is 3.83. The highest BCUT2D eigenvalue weighted by atomic mass is 35.5. The molecule has 3 N–H and O–H groups in total. The van der Waals surface area contributed by atoms with E-state index in [1.54, 1.807) is 6.20 Å². The maximum atomic E-state index is 6.55. The summed E-state index contributed by atoms with van der Waals surface area (Å²) in [4.78, 5) is 19.4. The van der Waals surface area contributed by atoms with Crippen LogP contribution in [0.15, 0.2) is 36.8 Å². The van der Waals surface area contributed by atoms with Crippen molar-refractivity contribution < 1.29 is 0 Å². The van der Waals surface area contributed by atoms with Crippen LogP contribution in [0.1, 0.15) is 30.3 Å². The molecule has 5 heterocycles. The molecule has 9 heteroatoms. The molecule has 0 radical (unpaired) electrons. The maximum absolute atomic E-state index is 6.55. The highest BCUT2D eigenvalue weighted by molar-refractivity contribution is 6.33. The van der Waals surface area contributed by atoms with Crippen LogP contribution in [0.25, 0.3) is 22.3 Å². The molecule has 0 aliphatic carbocycles. The Bertz CT molecular complexity index is 1150. The van der Waals surface area contributed by atoms with E-state index in [0.29, 0.717) is 17.5 Å². The van der Waals surface area contributed by atoms with Crippen molar-refractivity contribution in [1.82, 2.24) is 35.0 Å². The number of likely N-dealkylation sites (tertiary alicyclic amines) is 1. The van der Waals surface area contributed by atoms with Gasteiger partial charge in [0.15, 0.2) is 0 Å². The summed E-state index contributed by atoms with van der Waals surface area (Å²) in [5.74, 6) is 2.00. The molecule has 4 aromatic heterocycles. The van der Waals surface area contributed by atoms with Crippen LogP contribution in [0.5, 0.6) is 0 Å². The van der Waals surface area contributed by atoms with Gasteiger partial charge in [-0.15, -0.1) is 0 Å². The van der Waals surface area contributed by atoms with Crippen LogP contribution in [0.2, 0.25) is 5.02 Å². The molecule has 154 valence electrons. The summed E-state index contributed by atoms with van der Waals surface area (Å²) >= 11 is 6.55. The van der Waals surface area contributed by atoms with E-state index in [1.165, 1.54) is 12.0 Å². The van der Waals surface area contributed by atoms with Crippen molar-refractivity contribution in [3.63, 3.8) is 0 Å². The number of piperidine rings is 1. The Hall–Kier alpha value is -2.97. The van der Waals surface area contributed by atoms with Crippen LogP contribution < -0.4 is 5.32 Å². The second kappa shape index (κ2) is 8.04. The second-order valence-electron chi connectivity index (χ2n) is 7.74. The normalized spacial score (nSPS) is 15.7. The highest BCUT2D eigenvalue weighted by Crippen LogP contribution is 2.35. The van der Waals surface area contributed by atoms with E-state index >= 15 is 0 Å². The molecule has 0 atom stereocenters. The molecule has 0 unspecified atom stereocenters. The average molecular weight is 423 g/mol. The fourth-order valence-electron chi connectivity index (χ4n) is 4.01. The van der Waals surface area contributed by atoms with E-state index in [9.17, 15) is 0 Å². The SMILES string of the molecule is CN1CCC(c2cc3c(-c4nc(NCc5ncn[nH]5)ccc4Cl)ccnc3[nH]2)CC1. The van der Waals surface area contributed by atoms with Crippen LogP contribution >= 0.6 is 11.6 Å². The van der Waals surface area contributed by atoms with E-state index < -0.39 is 0 Å². The van der Waals surface area contributed by atoms with Gasteiger partial charge in [-0.2, -0.15) is 5.10 Å². The lowest BCUT2D eigenvalue weighted by Crippen LogP contribution is -2.29. The molecule has 4 aromatic rings. The largest absolute Gasteiger partial charge is 0.363 e. The molecule has 30 heavy (non-hydrogen) atoms. The smallest absolute Gasteiger partial charge is 0.143 e. The van der Waals surface area contributed by atoms with E-state index in [4.69, 9.17) is 16.6 Å². The molecular weight excluding hydrogens is 400 g/mol. The molecule has 1 saturated heterocycles. The summed E-state index contributed by atoms with van der Waals surface area (Å²) in [5, 5.41) is 11.6. The van der Waals surface area contributed by atoms with Crippen molar-refractivity contribution in [2.45, 2.75) is 25.3 Å². The van der Waals surface area contributed by atoms with Gasteiger partial charge in [-0.3, -0.25) is 5.10 Å². The van der Waals surface area contributed by atoms with Crippen molar-refractivity contribution in [2.24, 2.45) is 0 Å². The van der Waals surface area contributed by atoms with Crippen LogP contribution in [-0.4, -0.2) is 55.2 Å². The highest BCUT2D eigenvalue weighted by Gasteiger charge is 2.21. The Morgan fingerprint density at radius 2 is 2.07 bits per heavy atom. The van der Waals surface area contributed by atoms with Gasteiger partial charge in [0.25, 0.3) is 0 Å². The zero-order chi connectivity index (χ0) is 20.5. The van der Waals surface area contributed by atoms with E-state index in [-0.39, 0.29) is 0 Å². The molecule has 1 fully saturated rings. The predicted octanol–water partition coefficient (Wildman–Crippen LogP) is 3.82. The van der Waals surface area contributed by atoms with Crippen molar-refractivity contribution in [3.05, 3.63) is 53.3 Å². The van der Waals surface area contributed by atoms with Crippen molar-refractivity contribution >= 4 is 28.5 Å². The van der Waals surface area contributed by atoms with Crippen LogP contribution in [-0.2, 0) is 6.54 Å². The third kappa shape index (κ3) is 3.76. The maximum Gasteiger partial charge on any atom is 0.143 e. The predicted molar refractivity (Wildman–Crippen MR) is 118 cm³/mol. The molecule has 0 aromatic carbocycles. The van der Waals surface area contributed by atoms with Gasteiger partial charge in [-0.05, 0) is 57.2 Å². The summed E-state index contributed by atoms with van der Waals surface area (Å²) in [6, 6.07) is 7.92. The Morgan fingerprint density at radius 3 is 2.87 bits per heavy atom. The minimum absolute atomic E-state index is 0.504. The molecule has 0 bridgehead atoms. The van der Waals surface area contributed by atoms with Crippen molar-refractivity contribution in [3.8, 4) is 11.3 Å². The standard InChI is InChI=1S/C21H23ClN8/c1-30-8-5-13(6-9-30)17-10-15-14(4-7-23-21(15)27-17)20-16(22)2-3-18(28-20)24-11-19-25-12-26-29-19/h2-4,7,10,12-13H,5-6,8-9,11H2,1H3,(H,23,27)(H,24,28)(H,25,26,29). The molecule has 1 aliphatic heterocycles. The number of nitrogens with one attached hydrogen (secondary N) is 3. The Labute approximate surface area is 179 Å². The first-order chi connectivity index (χ1) is 14.7. The van der Waals surface area contributed by atoms with Gasteiger partial charge in [0, 0.05) is 28.8 Å². The number of hydrogen-bond donors (Lipinski definition) is 3. The van der Waals surface area contributed by atoms with Crippen molar-refractivity contribution in [1.29, 1.82) is 0 Å². The number of hydrogen-bond acceptors (Lipinski definition) is 6. The summed E-state index contributed by atoms with van der Waals surface area (Å²) in [6.07, 6.45) is 5.59. The number of H-pyrrole nitrogens is 2. The fraction of sp³-hybridized carbons (Fsp3) is 0.333. The number of fused-ring (bicyclic) bond motifs is 1. The van der Waals surface area contributed by atoms with Crippen LogP contribution in [0.3, 0.4) is 0 Å². The third-order valence-corrected chi connectivity index (χ3v) is 6.02. The van der Waals surface area contributed by atoms with E-state index in [2.05, 4.69) is 48.5 Å². The average Bonchev–Trinajstić information content (AvgIpc) is 3.43. The van der Waals surface area contributed by atoms with Gasteiger partial charge >= 0.3 is 0 Å². The first kappa shape index (κ1) is 19.0. The molecule has 8 nitrogen and oxygen atoms in total. The number of anilines is 1. The summed E-state index contributed by atoms with van der Waals surface area (Å²) < 4.78 is 0. The number of nitrogens with zero attached hydrogens (tertiary/aromatic N) is 5. The van der Waals surface area contributed by atoms with E-state index in [0.717, 1.165) is 59.9 Å². The fourth-order valence-corrected chi connectivity index (χ4v) is 4.22. The Balaban J connectivity index is 1.47. The zero-order valence-corrected chi connectivity index (χ0v) is 17.4. The number of halogens is 1. The quantitative estimate of drug-likeness (QED) is 0.452. The molecule has 1 aliphatic rings. The monoisotopic (exact) mass is 422 g/mol. The summed E-state index contributed by atoms with van der Waals surface area (Å²) in [7, 11) is 2.18. The van der Waals surface area contributed by atoms with E-state index in [1.807, 2.05) is 18.2 Å². The Kier molecular flexibility index (Phi) is 5.10. The topological polar surface area (TPSA) is 98.4 Å². The summed E-state index contributed by atoms with van der Waals surface area (Å²) in [6.45, 7) is 2.74. The second-order valence-corrected chi connectivity index (χ2v) is 8.14. The lowest BCUT2D eigenvalue weighted by molar-refractivity contribution is 0.254.